The zero-order valence-electron chi connectivity index (χ0n) is 9.48. The summed E-state index contributed by atoms with van der Waals surface area (Å²) in [5.74, 6) is -0.220. The van der Waals surface area contributed by atoms with E-state index in [-0.39, 0.29) is 22.3 Å². The number of nitrogens with one attached hydrogen (secondary N) is 1. The minimum atomic E-state index is -0.220. The number of nitrogens with zero attached hydrogens (tertiary/aromatic N) is 1. The highest BCUT2D eigenvalue weighted by molar-refractivity contribution is 7.10. The molecule has 1 N–H and O–H groups in total. The number of pyridine rings is 1. The van der Waals surface area contributed by atoms with Gasteiger partial charge in [0.25, 0.3) is 5.91 Å². The minimum Gasteiger partial charge on any atom is -0.345 e. The highest BCUT2D eigenvalue weighted by Crippen LogP contribution is 2.20. The van der Waals surface area contributed by atoms with Crippen LogP contribution in [0.25, 0.3) is 0 Å². The number of rotatable bonds is 3. The SMILES string of the molecule is CC(NC(=O)c1cc(Cl)nc(Cl)c1)c1cccs1. The minimum absolute atomic E-state index is 0.0526. The number of carbonyl (C=O) groups is 1. The van der Waals surface area contributed by atoms with E-state index in [0.29, 0.717) is 5.56 Å². The van der Waals surface area contributed by atoms with Gasteiger partial charge in [-0.05, 0) is 30.5 Å². The van der Waals surface area contributed by atoms with Crippen LogP contribution in [0.2, 0.25) is 10.3 Å². The van der Waals surface area contributed by atoms with E-state index in [0.717, 1.165) is 4.88 Å². The van der Waals surface area contributed by atoms with Crippen molar-refractivity contribution >= 4 is 40.4 Å². The van der Waals surface area contributed by atoms with E-state index in [1.54, 1.807) is 11.3 Å². The standard InChI is InChI=1S/C12H10Cl2N2OS/c1-7(9-3-2-4-18-9)15-12(17)8-5-10(13)16-11(14)6-8/h2-7H,1H3,(H,15,17). The summed E-state index contributed by atoms with van der Waals surface area (Å²) in [6, 6.07) is 6.85. The Morgan fingerprint density at radius 3 is 2.61 bits per heavy atom. The molecule has 2 rings (SSSR count). The van der Waals surface area contributed by atoms with Crippen LogP contribution in [0.4, 0.5) is 0 Å². The van der Waals surface area contributed by atoms with E-state index in [4.69, 9.17) is 23.2 Å². The summed E-state index contributed by atoms with van der Waals surface area (Å²) < 4.78 is 0. The van der Waals surface area contributed by atoms with Gasteiger partial charge in [-0.1, -0.05) is 29.3 Å². The van der Waals surface area contributed by atoms with Crippen LogP contribution in [0.5, 0.6) is 0 Å². The highest BCUT2D eigenvalue weighted by Gasteiger charge is 2.13. The maximum absolute atomic E-state index is 12.0. The maximum atomic E-state index is 12.0. The molecule has 0 aliphatic heterocycles. The van der Waals surface area contributed by atoms with Crippen molar-refractivity contribution in [2.45, 2.75) is 13.0 Å². The van der Waals surface area contributed by atoms with Crippen molar-refractivity contribution in [3.05, 3.63) is 50.4 Å². The monoisotopic (exact) mass is 300 g/mol. The third-order valence-electron chi connectivity index (χ3n) is 2.34. The molecule has 18 heavy (non-hydrogen) atoms. The zero-order valence-corrected chi connectivity index (χ0v) is 11.8. The molecular formula is C12H10Cl2N2OS. The summed E-state index contributed by atoms with van der Waals surface area (Å²) >= 11 is 13.1. The van der Waals surface area contributed by atoms with Crippen molar-refractivity contribution in [1.29, 1.82) is 0 Å². The van der Waals surface area contributed by atoms with Crippen LogP contribution in [-0.2, 0) is 0 Å². The predicted octanol–water partition coefficient (Wildman–Crippen LogP) is 3.94. The van der Waals surface area contributed by atoms with Crippen molar-refractivity contribution in [2.75, 3.05) is 0 Å². The van der Waals surface area contributed by atoms with Gasteiger partial charge >= 0.3 is 0 Å². The lowest BCUT2D eigenvalue weighted by Gasteiger charge is -2.12. The van der Waals surface area contributed by atoms with E-state index in [9.17, 15) is 4.79 Å². The molecule has 2 aromatic rings. The summed E-state index contributed by atoms with van der Waals surface area (Å²) in [5.41, 5.74) is 0.406. The zero-order chi connectivity index (χ0) is 13.1. The second-order valence-corrected chi connectivity index (χ2v) is 5.47. The van der Waals surface area contributed by atoms with Crippen LogP contribution in [0.3, 0.4) is 0 Å². The number of amides is 1. The molecule has 0 saturated carbocycles. The number of hydrogen-bond acceptors (Lipinski definition) is 3. The quantitative estimate of drug-likeness (QED) is 0.872. The molecule has 0 saturated heterocycles. The van der Waals surface area contributed by atoms with E-state index >= 15 is 0 Å². The molecule has 0 aliphatic carbocycles. The van der Waals surface area contributed by atoms with E-state index in [1.165, 1.54) is 12.1 Å². The Morgan fingerprint density at radius 1 is 1.39 bits per heavy atom. The van der Waals surface area contributed by atoms with Crippen LogP contribution < -0.4 is 5.32 Å². The maximum Gasteiger partial charge on any atom is 0.251 e. The molecule has 0 radical (unpaired) electrons. The van der Waals surface area contributed by atoms with Crippen molar-refractivity contribution in [3.8, 4) is 0 Å². The Balaban J connectivity index is 2.12. The van der Waals surface area contributed by atoms with Crippen molar-refractivity contribution in [1.82, 2.24) is 10.3 Å². The molecule has 0 aromatic carbocycles. The summed E-state index contributed by atoms with van der Waals surface area (Å²) in [4.78, 5) is 16.9. The third kappa shape index (κ3) is 3.22. The van der Waals surface area contributed by atoms with Gasteiger partial charge in [0.2, 0.25) is 0 Å². The number of thiophene rings is 1. The first-order valence-corrected chi connectivity index (χ1v) is 6.87. The molecule has 3 nitrogen and oxygen atoms in total. The van der Waals surface area contributed by atoms with Gasteiger partial charge < -0.3 is 5.32 Å². The van der Waals surface area contributed by atoms with Gasteiger partial charge in [-0.2, -0.15) is 0 Å². The van der Waals surface area contributed by atoms with E-state index in [2.05, 4.69) is 10.3 Å². The van der Waals surface area contributed by atoms with Crippen LogP contribution in [0.1, 0.15) is 28.2 Å². The second-order valence-electron chi connectivity index (χ2n) is 3.71. The highest BCUT2D eigenvalue weighted by atomic mass is 35.5. The summed E-state index contributed by atoms with van der Waals surface area (Å²) in [6.07, 6.45) is 0. The van der Waals surface area contributed by atoms with Gasteiger partial charge in [0.1, 0.15) is 10.3 Å². The predicted molar refractivity (Wildman–Crippen MR) is 74.5 cm³/mol. The molecule has 0 fully saturated rings. The Kier molecular flexibility index (Phi) is 4.22. The van der Waals surface area contributed by atoms with Gasteiger partial charge in [-0.15, -0.1) is 11.3 Å². The Labute approximate surface area is 119 Å². The molecule has 1 amide bonds. The molecule has 0 spiro atoms. The number of aromatic nitrogens is 1. The molecule has 2 heterocycles. The van der Waals surface area contributed by atoms with Crippen molar-refractivity contribution in [3.63, 3.8) is 0 Å². The fourth-order valence-corrected chi connectivity index (χ4v) is 2.68. The molecular weight excluding hydrogens is 291 g/mol. The first-order chi connectivity index (χ1) is 8.56. The van der Waals surface area contributed by atoms with Gasteiger partial charge in [0.05, 0.1) is 6.04 Å². The van der Waals surface area contributed by atoms with Crippen LogP contribution in [-0.4, -0.2) is 10.9 Å². The van der Waals surface area contributed by atoms with Gasteiger partial charge in [0.15, 0.2) is 0 Å². The molecule has 0 bridgehead atoms. The lowest BCUT2D eigenvalue weighted by atomic mass is 10.2. The Hall–Kier alpha value is -1.10. The molecule has 0 aliphatic rings. The molecule has 2 aromatic heterocycles. The number of carbonyl (C=O) groups excluding carboxylic acids is 1. The molecule has 94 valence electrons. The Bertz CT molecular complexity index is 537. The lowest BCUT2D eigenvalue weighted by molar-refractivity contribution is 0.0940. The molecule has 6 heteroatoms. The lowest BCUT2D eigenvalue weighted by Crippen LogP contribution is -2.26. The first kappa shape index (κ1) is 13.3. The normalized spacial score (nSPS) is 12.2. The number of halogens is 2. The van der Waals surface area contributed by atoms with Crippen LogP contribution in [0.15, 0.2) is 29.6 Å². The fourth-order valence-electron chi connectivity index (χ4n) is 1.48. The van der Waals surface area contributed by atoms with E-state index < -0.39 is 0 Å². The third-order valence-corrected chi connectivity index (χ3v) is 3.78. The van der Waals surface area contributed by atoms with Gasteiger partial charge in [-0.3, -0.25) is 4.79 Å². The van der Waals surface area contributed by atoms with Gasteiger partial charge in [-0.25, -0.2) is 4.98 Å². The fraction of sp³-hybridized carbons (Fsp3) is 0.167. The molecule has 1 atom stereocenters. The average Bonchev–Trinajstić information content (AvgIpc) is 2.80. The number of hydrogen-bond donors (Lipinski definition) is 1. The summed E-state index contributed by atoms with van der Waals surface area (Å²) in [6.45, 7) is 1.92. The summed E-state index contributed by atoms with van der Waals surface area (Å²) in [5, 5.41) is 5.26. The van der Waals surface area contributed by atoms with Crippen LogP contribution in [0, 0.1) is 0 Å². The second kappa shape index (κ2) is 5.69. The molecule has 1 unspecified atom stereocenters. The van der Waals surface area contributed by atoms with Crippen molar-refractivity contribution in [2.24, 2.45) is 0 Å². The van der Waals surface area contributed by atoms with E-state index in [1.807, 2.05) is 24.4 Å². The largest absolute Gasteiger partial charge is 0.345 e. The Morgan fingerprint density at radius 2 is 2.06 bits per heavy atom. The van der Waals surface area contributed by atoms with Gasteiger partial charge in [0, 0.05) is 10.4 Å². The van der Waals surface area contributed by atoms with Crippen LogP contribution >= 0.6 is 34.5 Å². The van der Waals surface area contributed by atoms with Crippen molar-refractivity contribution < 1.29 is 4.79 Å². The topological polar surface area (TPSA) is 42.0 Å². The first-order valence-electron chi connectivity index (χ1n) is 5.23. The average molecular weight is 301 g/mol. The summed E-state index contributed by atoms with van der Waals surface area (Å²) in [7, 11) is 0. The smallest absolute Gasteiger partial charge is 0.251 e.